The van der Waals surface area contributed by atoms with E-state index in [9.17, 15) is 0 Å². The molecule has 0 radical (unpaired) electrons. The highest BCUT2D eigenvalue weighted by Crippen LogP contribution is 2.19. The van der Waals surface area contributed by atoms with Crippen LogP contribution in [0.1, 0.15) is 19.0 Å². The molecule has 0 saturated carbocycles. The summed E-state index contributed by atoms with van der Waals surface area (Å²) in [6, 6.07) is 7.97. The summed E-state index contributed by atoms with van der Waals surface area (Å²) in [5, 5.41) is 3.91. The highest BCUT2D eigenvalue weighted by atomic mass is 35.5. The number of halogens is 1. The molecule has 2 aromatic heterocycles. The monoisotopic (exact) mass is 249 g/mol. The Labute approximate surface area is 106 Å². The zero-order valence-electron chi connectivity index (χ0n) is 9.86. The number of nitrogens with one attached hydrogen (secondary N) is 1. The highest BCUT2D eigenvalue weighted by Gasteiger charge is 2.06. The fraction of sp³-hybridized carbons (Fsp3) is 0.308. The number of pyridine rings is 1. The normalized spacial score (nSPS) is 10.7. The van der Waals surface area contributed by atoms with E-state index in [1.807, 2.05) is 24.4 Å². The van der Waals surface area contributed by atoms with Gasteiger partial charge in [-0.15, -0.1) is 0 Å². The summed E-state index contributed by atoms with van der Waals surface area (Å²) in [4.78, 5) is 4.10. The molecule has 0 unspecified atom stereocenters. The minimum Gasteiger partial charge on any atom is -0.317 e. The average molecular weight is 250 g/mol. The van der Waals surface area contributed by atoms with Gasteiger partial charge >= 0.3 is 0 Å². The van der Waals surface area contributed by atoms with Gasteiger partial charge in [0.2, 0.25) is 0 Å². The third-order valence-corrected chi connectivity index (χ3v) is 2.86. The Bertz CT molecular complexity index is 479. The van der Waals surface area contributed by atoms with Crippen molar-refractivity contribution in [3.63, 3.8) is 0 Å². The van der Waals surface area contributed by atoms with Crippen molar-refractivity contribution in [2.75, 3.05) is 6.54 Å². The Kier molecular flexibility index (Phi) is 4.18. The molecule has 0 spiro atoms. The van der Waals surface area contributed by atoms with Crippen molar-refractivity contribution < 1.29 is 0 Å². The van der Waals surface area contributed by atoms with E-state index in [4.69, 9.17) is 11.6 Å². The van der Waals surface area contributed by atoms with E-state index in [1.165, 1.54) is 5.69 Å². The molecule has 2 rings (SSSR count). The lowest BCUT2D eigenvalue weighted by Crippen LogP contribution is -2.16. The number of nitrogens with zero attached hydrogens (tertiary/aromatic N) is 2. The van der Waals surface area contributed by atoms with Crippen LogP contribution in [0.4, 0.5) is 0 Å². The summed E-state index contributed by atoms with van der Waals surface area (Å²) >= 11 is 6.10. The Morgan fingerprint density at radius 3 is 3.00 bits per heavy atom. The summed E-state index contributed by atoms with van der Waals surface area (Å²) in [7, 11) is 0. The minimum atomic E-state index is 0.528. The van der Waals surface area contributed by atoms with E-state index in [1.54, 1.807) is 6.20 Å². The SMILES string of the molecule is CCCNCc1cccn1-c1cccnc1Cl. The molecule has 2 heterocycles. The van der Waals surface area contributed by atoms with Crippen LogP contribution in [0.3, 0.4) is 0 Å². The second kappa shape index (κ2) is 5.84. The standard InChI is InChI=1S/C13H16ClN3/c1-2-7-15-10-11-5-4-9-17(11)12-6-3-8-16-13(12)14/h3-6,8-9,15H,2,7,10H2,1H3. The van der Waals surface area contributed by atoms with Crippen LogP contribution >= 0.6 is 11.6 Å². The van der Waals surface area contributed by atoms with E-state index in [-0.39, 0.29) is 0 Å². The maximum Gasteiger partial charge on any atom is 0.152 e. The maximum atomic E-state index is 6.10. The van der Waals surface area contributed by atoms with Gasteiger partial charge in [-0.05, 0) is 37.2 Å². The fourth-order valence-corrected chi connectivity index (χ4v) is 1.96. The van der Waals surface area contributed by atoms with Crippen LogP contribution in [0, 0.1) is 0 Å². The van der Waals surface area contributed by atoms with Crippen LogP contribution in [-0.2, 0) is 6.54 Å². The predicted octanol–water partition coefficient (Wildman–Crippen LogP) is 3.03. The molecule has 90 valence electrons. The first-order valence-corrected chi connectivity index (χ1v) is 6.18. The van der Waals surface area contributed by atoms with E-state index < -0.39 is 0 Å². The van der Waals surface area contributed by atoms with Crippen LogP contribution in [-0.4, -0.2) is 16.1 Å². The van der Waals surface area contributed by atoms with Crippen LogP contribution in [0.15, 0.2) is 36.7 Å². The van der Waals surface area contributed by atoms with Gasteiger partial charge in [-0.25, -0.2) is 4.98 Å². The first-order chi connectivity index (χ1) is 8.33. The summed E-state index contributed by atoms with van der Waals surface area (Å²) in [5.74, 6) is 0. The molecule has 0 fully saturated rings. The van der Waals surface area contributed by atoms with E-state index >= 15 is 0 Å². The quantitative estimate of drug-likeness (QED) is 0.652. The topological polar surface area (TPSA) is 29.9 Å². The first kappa shape index (κ1) is 12.1. The molecule has 0 amide bonds. The summed E-state index contributed by atoms with van der Waals surface area (Å²) in [6.07, 6.45) is 4.84. The van der Waals surface area contributed by atoms with Crippen molar-refractivity contribution in [3.8, 4) is 5.69 Å². The summed E-state index contributed by atoms with van der Waals surface area (Å²) in [6.45, 7) is 4.02. The Morgan fingerprint density at radius 1 is 1.35 bits per heavy atom. The second-order valence-corrected chi connectivity index (χ2v) is 4.22. The minimum absolute atomic E-state index is 0.528. The zero-order chi connectivity index (χ0) is 12.1. The van der Waals surface area contributed by atoms with Crippen LogP contribution < -0.4 is 5.32 Å². The van der Waals surface area contributed by atoms with Crippen molar-refractivity contribution >= 4 is 11.6 Å². The van der Waals surface area contributed by atoms with Crippen molar-refractivity contribution in [3.05, 3.63) is 47.5 Å². The van der Waals surface area contributed by atoms with E-state index in [0.29, 0.717) is 5.15 Å². The molecule has 0 bridgehead atoms. The lowest BCUT2D eigenvalue weighted by Gasteiger charge is -2.10. The van der Waals surface area contributed by atoms with Crippen molar-refractivity contribution in [2.45, 2.75) is 19.9 Å². The third kappa shape index (κ3) is 2.87. The molecule has 0 atom stereocenters. The van der Waals surface area contributed by atoms with Gasteiger partial charge in [0.05, 0.1) is 5.69 Å². The molecule has 4 heteroatoms. The fourth-order valence-electron chi connectivity index (χ4n) is 1.75. The van der Waals surface area contributed by atoms with Crippen molar-refractivity contribution in [1.82, 2.24) is 14.9 Å². The molecule has 2 aromatic rings. The molecule has 0 saturated heterocycles. The van der Waals surface area contributed by atoms with E-state index in [0.717, 1.165) is 25.2 Å². The number of hydrogen-bond donors (Lipinski definition) is 1. The average Bonchev–Trinajstić information content (AvgIpc) is 2.78. The first-order valence-electron chi connectivity index (χ1n) is 5.80. The van der Waals surface area contributed by atoms with Crippen LogP contribution in [0.25, 0.3) is 5.69 Å². The zero-order valence-corrected chi connectivity index (χ0v) is 10.6. The molecule has 1 N–H and O–H groups in total. The molecule has 17 heavy (non-hydrogen) atoms. The lowest BCUT2D eigenvalue weighted by atomic mass is 10.3. The van der Waals surface area contributed by atoms with Crippen molar-refractivity contribution in [2.24, 2.45) is 0 Å². The third-order valence-electron chi connectivity index (χ3n) is 2.57. The smallest absolute Gasteiger partial charge is 0.152 e. The molecule has 0 aliphatic rings. The predicted molar refractivity (Wildman–Crippen MR) is 70.6 cm³/mol. The largest absolute Gasteiger partial charge is 0.317 e. The van der Waals surface area contributed by atoms with Gasteiger partial charge in [-0.3, -0.25) is 0 Å². The highest BCUT2D eigenvalue weighted by molar-refractivity contribution is 6.31. The molecule has 0 aromatic carbocycles. The Morgan fingerprint density at radius 2 is 2.24 bits per heavy atom. The summed E-state index contributed by atoms with van der Waals surface area (Å²) < 4.78 is 2.07. The Balaban J connectivity index is 2.22. The van der Waals surface area contributed by atoms with E-state index in [2.05, 4.69) is 27.9 Å². The van der Waals surface area contributed by atoms with Crippen molar-refractivity contribution in [1.29, 1.82) is 0 Å². The Hall–Kier alpha value is -1.32. The van der Waals surface area contributed by atoms with Gasteiger partial charge in [0, 0.05) is 24.6 Å². The number of rotatable bonds is 5. The second-order valence-electron chi connectivity index (χ2n) is 3.86. The molecular weight excluding hydrogens is 234 g/mol. The molecule has 0 aliphatic heterocycles. The lowest BCUT2D eigenvalue weighted by molar-refractivity contribution is 0.656. The summed E-state index contributed by atoms with van der Waals surface area (Å²) in [5.41, 5.74) is 2.11. The molecule has 3 nitrogen and oxygen atoms in total. The van der Waals surface area contributed by atoms with Gasteiger partial charge in [0.1, 0.15) is 0 Å². The van der Waals surface area contributed by atoms with Crippen LogP contribution in [0.2, 0.25) is 5.15 Å². The van der Waals surface area contributed by atoms with Gasteiger partial charge in [0.15, 0.2) is 5.15 Å². The van der Waals surface area contributed by atoms with Gasteiger partial charge in [-0.1, -0.05) is 18.5 Å². The van der Waals surface area contributed by atoms with Gasteiger partial charge < -0.3 is 9.88 Å². The van der Waals surface area contributed by atoms with Gasteiger partial charge in [0.25, 0.3) is 0 Å². The molecule has 0 aliphatic carbocycles. The number of aromatic nitrogens is 2. The van der Waals surface area contributed by atoms with Crippen LogP contribution in [0.5, 0.6) is 0 Å². The molecular formula is C13H16ClN3. The maximum absolute atomic E-state index is 6.10. The van der Waals surface area contributed by atoms with Gasteiger partial charge in [-0.2, -0.15) is 0 Å². The number of hydrogen-bond acceptors (Lipinski definition) is 2.